The molecule has 3 rings (SSSR count). The summed E-state index contributed by atoms with van der Waals surface area (Å²) in [5.74, 6) is 0.305. The van der Waals surface area contributed by atoms with E-state index in [4.69, 9.17) is 5.73 Å². The monoisotopic (exact) mass is 341 g/mol. The number of benzene rings is 1. The second kappa shape index (κ2) is 6.57. The number of fused-ring (bicyclic) bond motifs is 1. The highest BCUT2D eigenvalue weighted by atomic mass is 32.1. The van der Waals surface area contributed by atoms with Gasteiger partial charge in [0.2, 0.25) is 5.91 Å². The first-order chi connectivity index (χ1) is 11.5. The average molecular weight is 341 g/mol. The van der Waals surface area contributed by atoms with E-state index in [-0.39, 0.29) is 17.9 Å². The molecule has 0 radical (unpaired) electrons. The molecule has 5 nitrogen and oxygen atoms in total. The van der Waals surface area contributed by atoms with Crippen LogP contribution in [0.15, 0.2) is 34.4 Å². The Morgan fingerprint density at radius 2 is 1.96 bits per heavy atom. The van der Waals surface area contributed by atoms with Crippen LogP contribution in [-0.4, -0.2) is 15.5 Å². The van der Waals surface area contributed by atoms with E-state index < -0.39 is 0 Å². The van der Waals surface area contributed by atoms with E-state index in [9.17, 15) is 9.59 Å². The molecule has 1 amide bonds. The number of amides is 1. The maximum atomic E-state index is 13.0. The summed E-state index contributed by atoms with van der Waals surface area (Å²) >= 11 is 1.48. The number of aryl methyl sites for hydroxylation is 2. The lowest BCUT2D eigenvalue weighted by atomic mass is 10.0. The number of nitrogens with two attached hydrogens (primary N) is 1. The van der Waals surface area contributed by atoms with Crippen LogP contribution >= 0.6 is 11.3 Å². The van der Waals surface area contributed by atoms with Crippen LogP contribution in [0.3, 0.4) is 0 Å². The number of carbonyl (C=O) groups excluding carboxylic acids is 1. The van der Waals surface area contributed by atoms with Gasteiger partial charge in [-0.05, 0) is 25.8 Å². The number of carbonyl (C=O) groups is 1. The molecule has 0 bridgehead atoms. The van der Waals surface area contributed by atoms with Gasteiger partial charge in [-0.1, -0.05) is 29.8 Å². The minimum absolute atomic E-state index is 0.0567. The summed E-state index contributed by atoms with van der Waals surface area (Å²) in [6.07, 6.45) is 0.797. The number of rotatable bonds is 5. The SMILES string of the molecule is Cc1ccc(-c2csc3nc(C)n(CCCC(N)=O)c(=O)c23)cc1. The molecule has 0 spiro atoms. The molecule has 3 aromatic rings. The van der Waals surface area contributed by atoms with Gasteiger partial charge in [-0.2, -0.15) is 0 Å². The van der Waals surface area contributed by atoms with Crippen molar-refractivity contribution < 1.29 is 4.79 Å². The summed E-state index contributed by atoms with van der Waals surface area (Å²) in [5.41, 5.74) is 8.22. The van der Waals surface area contributed by atoms with E-state index in [0.29, 0.717) is 24.2 Å². The fourth-order valence-corrected chi connectivity index (χ4v) is 3.73. The highest BCUT2D eigenvalue weighted by Crippen LogP contribution is 2.31. The number of primary amides is 1. The molecule has 2 aromatic heterocycles. The number of nitrogens with zero attached hydrogens (tertiary/aromatic N) is 2. The van der Waals surface area contributed by atoms with Gasteiger partial charge in [0.15, 0.2) is 0 Å². The van der Waals surface area contributed by atoms with E-state index in [1.165, 1.54) is 16.9 Å². The van der Waals surface area contributed by atoms with Crippen molar-refractivity contribution in [2.75, 3.05) is 0 Å². The number of hydrogen-bond acceptors (Lipinski definition) is 4. The van der Waals surface area contributed by atoms with Gasteiger partial charge in [0, 0.05) is 23.9 Å². The van der Waals surface area contributed by atoms with Crippen LogP contribution in [0.4, 0.5) is 0 Å². The molecule has 0 fully saturated rings. The zero-order chi connectivity index (χ0) is 17.3. The predicted molar refractivity (Wildman–Crippen MR) is 97.2 cm³/mol. The van der Waals surface area contributed by atoms with Crippen molar-refractivity contribution in [2.24, 2.45) is 5.73 Å². The molecule has 24 heavy (non-hydrogen) atoms. The van der Waals surface area contributed by atoms with Crippen molar-refractivity contribution in [3.8, 4) is 11.1 Å². The Labute approximate surface area is 143 Å². The normalized spacial score (nSPS) is 11.1. The number of thiophene rings is 1. The van der Waals surface area contributed by atoms with Crippen molar-refractivity contribution in [3.05, 3.63) is 51.4 Å². The van der Waals surface area contributed by atoms with Gasteiger partial charge in [-0.25, -0.2) is 4.98 Å². The molecule has 0 unspecified atom stereocenters. The Hall–Kier alpha value is -2.47. The second-order valence-corrected chi connectivity index (χ2v) is 6.74. The minimum Gasteiger partial charge on any atom is -0.370 e. The van der Waals surface area contributed by atoms with Crippen LogP contribution < -0.4 is 11.3 Å². The van der Waals surface area contributed by atoms with Crippen molar-refractivity contribution in [1.29, 1.82) is 0 Å². The van der Waals surface area contributed by atoms with Crippen LogP contribution in [-0.2, 0) is 11.3 Å². The molecule has 0 aliphatic carbocycles. The molecule has 0 aliphatic heterocycles. The third-order valence-electron chi connectivity index (χ3n) is 4.05. The summed E-state index contributed by atoms with van der Waals surface area (Å²) in [7, 11) is 0. The lowest BCUT2D eigenvalue weighted by Crippen LogP contribution is -2.24. The molecule has 0 saturated heterocycles. The van der Waals surface area contributed by atoms with Gasteiger partial charge in [0.1, 0.15) is 10.7 Å². The molecule has 2 heterocycles. The smallest absolute Gasteiger partial charge is 0.262 e. The lowest BCUT2D eigenvalue weighted by molar-refractivity contribution is -0.118. The van der Waals surface area contributed by atoms with Gasteiger partial charge in [0.25, 0.3) is 5.56 Å². The molecule has 0 saturated carbocycles. The Kier molecular flexibility index (Phi) is 4.49. The summed E-state index contributed by atoms with van der Waals surface area (Å²) in [6.45, 7) is 4.29. The minimum atomic E-state index is -0.356. The third kappa shape index (κ3) is 3.10. The van der Waals surface area contributed by atoms with Crippen molar-refractivity contribution in [1.82, 2.24) is 9.55 Å². The summed E-state index contributed by atoms with van der Waals surface area (Å²) in [4.78, 5) is 29.2. The fraction of sp³-hybridized carbons (Fsp3) is 0.278. The van der Waals surface area contributed by atoms with Crippen molar-refractivity contribution >= 4 is 27.5 Å². The molecular weight excluding hydrogens is 322 g/mol. The number of hydrogen-bond donors (Lipinski definition) is 1. The third-order valence-corrected chi connectivity index (χ3v) is 4.92. The zero-order valence-corrected chi connectivity index (χ0v) is 14.5. The molecular formula is C18H19N3O2S. The van der Waals surface area contributed by atoms with Gasteiger partial charge < -0.3 is 5.73 Å². The molecule has 0 atom stereocenters. The summed E-state index contributed by atoms with van der Waals surface area (Å²) in [5, 5.41) is 2.63. The topological polar surface area (TPSA) is 78.0 Å². The van der Waals surface area contributed by atoms with E-state index in [0.717, 1.165) is 16.0 Å². The second-order valence-electron chi connectivity index (χ2n) is 5.88. The molecule has 124 valence electrons. The van der Waals surface area contributed by atoms with Crippen LogP contribution in [0.2, 0.25) is 0 Å². The molecule has 0 aliphatic rings. The van der Waals surface area contributed by atoms with Crippen molar-refractivity contribution in [3.63, 3.8) is 0 Å². The Balaban J connectivity index is 2.08. The largest absolute Gasteiger partial charge is 0.370 e. The first-order valence-corrected chi connectivity index (χ1v) is 8.69. The highest BCUT2D eigenvalue weighted by molar-refractivity contribution is 7.17. The van der Waals surface area contributed by atoms with Gasteiger partial charge in [0.05, 0.1) is 5.39 Å². The summed E-state index contributed by atoms with van der Waals surface area (Å²) in [6, 6.07) is 8.11. The maximum absolute atomic E-state index is 13.0. The maximum Gasteiger partial charge on any atom is 0.262 e. The van der Waals surface area contributed by atoms with Crippen LogP contribution in [0.5, 0.6) is 0 Å². The Morgan fingerprint density at radius 3 is 2.62 bits per heavy atom. The van der Waals surface area contributed by atoms with E-state index in [1.807, 2.05) is 43.5 Å². The Bertz CT molecular complexity index is 955. The van der Waals surface area contributed by atoms with E-state index in [2.05, 4.69) is 4.98 Å². The Morgan fingerprint density at radius 1 is 1.25 bits per heavy atom. The van der Waals surface area contributed by atoms with Gasteiger partial charge >= 0.3 is 0 Å². The van der Waals surface area contributed by atoms with Crippen LogP contribution in [0, 0.1) is 13.8 Å². The number of aromatic nitrogens is 2. The zero-order valence-electron chi connectivity index (χ0n) is 13.7. The first-order valence-electron chi connectivity index (χ1n) is 7.81. The van der Waals surface area contributed by atoms with Crippen LogP contribution in [0.25, 0.3) is 21.3 Å². The van der Waals surface area contributed by atoms with Gasteiger partial charge in [-0.15, -0.1) is 11.3 Å². The fourth-order valence-electron chi connectivity index (χ4n) is 2.75. The first kappa shape index (κ1) is 16.4. The molecule has 2 N–H and O–H groups in total. The highest BCUT2D eigenvalue weighted by Gasteiger charge is 2.15. The van der Waals surface area contributed by atoms with E-state index >= 15 is 0 Å². The predicted octanol–water partition coefficient (Wildman–Crippen LogP) is 3.01. The molecule has 1 aromatic carbocycles. The van der Waals surface area contributed by atoms with Gasteiger partial charge in [-0.3, -0.25) is 14.2 Å². The van der Waals surface area contributed by atoms with Crippen molar-refractivity contribution in [2.45, 2.75) is 33.2 Å². The quantitative estimate of drug-likeness (QED) is 0.775. The standard InChI is InChI=1S/C18H19N3O2S/c1-11-5-7-13(8-6-11)14-10-24-17-16(14)18(23)21(12(2)20-17)9-3-4-15(19)22/h5-8,10H,3-4,9H2,1-2H3,(H2,19,22). The lowest BCUT2D eigenvalue weighted by Gasteiger charge is -2.09. The molecule has 6 heteroatoms. The average Bonchev–Trinajstić information content (AvgIpc) is 2.95. The summed E-state index contributed by atoms with van der Waals surface area (Å²) < 4.78 is 1.63. The van der Waals surface area contributed by atoms with Crippen LogP contribution in [0.1, 0.15) is 24.2 Å². The van der Waals surface area contributed by atoms with E-state index in [1.54, 1.807) is 4.57 Å².